The average Bonchev–Trinajstić information content (AvgIpc) is 2.43. The van der Waals surface area contributed by atoms with Crippen molar-refractivity contribution in [2.24, 2.45) is 0 Å². The first-order valence-corrected chi connectivity index (χ1v) is 6.95. The number of hydrogen-bond donors (Lipinski definition) is 0. The van der Waals surface area contributed by atoms with E-state index in [9.17, 15) is 9.59 Å². The lowest BCUT2D eigenvalue weighted by molar-refractivity contribution is -0.145. The molecule has 0 unspecified atom stereocenters. The van der Waals surface area contributed by atoms with Crippen LogP contribution in [0.4, 0.5) is 0 Å². The van der Waals surface area contributed by atoms with Crippen molar-refractivity contribution in [1.29, 1.82) is 0 Å². The summed E-state index contributed by atoms with van der Waals surface area (Å²) in [5, 5.41) is 0.456. The fourth-order valence-electron chi connectivity index (χ4n) is 1.91. The second-order valence-corrected chi connectivity index (χ2v) is 5.18. The van der Waals surface area contributed by atoms with Gasteiger partial charge in [0.2, 0.25) is 0 Å². The molecule has 2 rings (SSSR count). The first-order chi connectivity index (χ1) is 10.5. The molecule has 0 radical (unpaired) electrons. The van der Waals surface area contributed by atoms with Gasteiger partial charge in [-0.1, -0.05) is 23.7 Å². The molecule has 0 atom stereocenters. The topological polar surface area (TPSA) is 65.1 Å². The fourth-order valence-corrected chi connectivity index (χ4v) is 2.18. The average molecular weight is 324 g/mol. The van der Waals surface area contributed by atoms with E-state index < -0.39 is 19.1 Å². The lowest BCUT2D eigenvalue weighted by Gasteiger charge is -2.21. The molecule has 0 bridgehead atoms. The van der Waals surface area contributed by atoms with Crippen LogP contribution >= 0.6 is 11.6 Å². The van der Waals surface area contributed by atoms with Crippen LogP contribution in [0.3, 0.4) is 0 Å². The maximum absolute atomic E-state index is 11.6. The third kappa shape index (κ3) is 4.51. The summed E-state index contributed by atoms with van der Waals surface area (Å²) in [5.41, 5.74) is 0.761. The van der Waals surface area contributed by atoms with Crippen LogP contribution in [0.15, 0.2) is 24.2 Å². The number of rotatable bonds is 3. The highest BCUT2D eigenvalue weighted by Crippen LogP contribution is 2.25. The number of methoxy groups -OCH3 is 1. The quantitative estimate of drug-likeness (QED) is 0.784. The van der Waals surface area contributed by atoms with Crippen molar-refractivity contribution in [3.05, 3.63) is 34.8 Å². The minimum atomic E-state index is -1.05. The first kappa shape index (κ1) is 16.4. The van der Waals surface area contributed by atoms with Crippen LogP contribution < -0.4 is 4.74 Å². The number of carbonyl (C=O) groups is 2. The summed E-state index contributed by atoms with van der Waals surface area (Å²) in [6.07, 6.45) is 1.65. The number of carbonyl (C=O) groups excluding carboxylic acids is 2. The van der Waals surface area contributed by atoms with E-state index in [4.69, 9.17) is 25.6 Å². The van der Waals surface area contributed by atoms with Gasteiger partial charge in [-0.2, -0.15) is 0 Å². The predicted molar refractivity (Wildman–Crippen MR) is 82.5 cm³/mol. The van der Waals surface area contributed by atoms with E-state index in [0.29, 0.717) is 10.8 Å². The minimum absolute atomic E-state index is 0.0355. The Balaban J connectivity index is 2.08. The third-order valence-corrected chi connectivity index (χ3v) is 3.21. The molecule has 1 aliphatic rings. The van der Waals surface area contributed by atoms with Gasteiger partial charge in [0.1, 0.15) is 5.75 Å². The normalized spacial score (nSPS) is 17.0. The standard InChI is InChI=1S/C14H15BClNO5/c1-17-8-13(18)21-15(22-14(19)9-17)6-5-10-3-4-12(20-2)11(16)7-10/h3-7H,8-9H2,1-2H3/b6-5+. The van der Waals surface area contributed by atoms with Gasteiger partial charge in [0, 0.05) is 0 Å². The molecule has 0 N–H and O–H groups in total. The van der Waals surface area contributed by atoms with Crippen molar-refractivity contribution in [1.82, 2.24) is 4.90 Å². The summed E-state index contributed by atoms with van der Waals surface area (Å²) in [6, 6.07) is 5.19. The fraction of sp³-hybridized carbons (Fsp3) is 0.286. The van der Waals surface area contributed by atoms with Gasteiger partial charge in [0.05, 0.1) is 25.2 Å². The van der Waals surface area contributed by atoms with Gasteiger partial charge in [-0.05, 0) is 30.7 Å². The summed E-state index contributed by atoms with van der Waals surface area (Å²) < 4.78 is 15.2. The second-order valence-electron chi connectivity index (χ2n) is 4.77. The molecule has 1 heterocycles. The van der Waals surface area contributed by atoms with Crippen LogP contribution in [-0.2, 0) is 18.9 Å². The lowest BCUT2D eigenvalue weighted by Crippen LogP contribution is -2.41. The monoisotopic (exact) mass is 323 g/mol. The SMILES string of the molecule is COc1ccc(/C=C/B2OC(=O)CN(C)CC(=O)O2)cc1Cl. The van der Waals surface area contributed by atoms with Crippen LogP contribution in [-0.4, -0.2) is 51.2 Å². The van der Waals surface area contributed by atoms with Crippen molar-refractivity contribution in [3.63, 3.8) is 0 Å². The zero-order valence-electron chi connectivity index (χ0n) is 12.2. The molecule has 1 aliphatic heterocycles. The van der Waals surface area contributed by atoms with Gasteiger partial charge >= 0.3 is 19.1 Å². The molecular formula is C14H15BClNO5. The van der Waals surface area contributed by atoms with E-state index in [1.54, 1.807) is 31.3 Å². The molecule has 0 aromatic heterocycles. The smallest absolute Gasteiger partial charge is 0.495 e. The van der Waals surface area contributed by atoms with E-state index in [1.807, 2.05) is 0 Å². The Morgan fingerprint density at radius 3 is 2.45 bits per heavy atom. The lowest BCUT2D eigenvalue weighted by atomic mass is 9.88. The Bertz CT molecular complexity index is 587. The highest BCUT2D eigenvalue weighted by atomic mass is 35.5. The number of ether oxygens (including phenoxy) is 1. The molecule has 22 heavy (non-hydrogen) atoms. The van der Waals surface area contributed by atoms with Gasteiger partial charge in [0.15, 0.2) is 0 Å². The highest BCUT2D eigenvalue weighted by molar-refractivity contribution is 6.55. The maximum Gasteiger partial charge on any atom is 0.628 e. The Hall–Kier alpha value is -1.99. The van der Waals surface area contributed by atoms with E-state index in [0.717, 1.165) is 5.56 Å². The first-order valence-electron chi connectivity index (χ1n) is 6.57. The van der Waals surface area contributed by atoms with Crippen LogP contribution in [0.25, 0.3) is 6.08 Å². The van der Waals surface area contributed by atoms with E-state index in [2.05, 4.69) is 0 Å². The van der Waals surface area contributed by atoms with Gasteiger partial charge in [-0.15, -0.1) is 0 Å². The number of benzene rings is 1. The number of hydrogen-bond acceptors (Lipinski definition) is 6. The molecule has 1 aromatic carbocycles. The van der Waals surface area contributed by atoms with Crippen LogP contribution in [0.2, 0.25) is 5.02 Å². The Kier molecular flexibility index (Phi) is 5.46. The van der Waals surface area contributed by atoms with Crippen molar-refractivity contribution in [2.75, 3.05) is 27.2 Å². The van der Waals surface area contributed by atoms with Gasteiger partial charge in [-0.3, -0.25) is 14.5 Å². The van der Waals surface area contributed by atoms with E-state index in [-0.39, 0.29) is 13.1 Å². The zero-order chi connectivity index (χ0) is 16.1. The van der Waals surface area contributed by atoms with Gasteiger partial charge < -0.3 is 14.0 Å². The van der Waals surface area contributed by atoms with Crippen molar-refractivity contribution < 1.29 is 23.6 Å². The summed E-state index contributed by atoms with van der Waals surface area (Å²) >= 11 is 6.03. The second kappa shape index (κ2) is 7.33. The third-order valence-electron chi connectivity index (χ3n) is 2.91. The van der Waals surface area contributed by atoms with Crippen molar-refractivity contribution in [2.45, 2.75) is 0 Å². The summed E-state index contributed by atoms with van der Waals surface area (Å²) in [4.78, 5) is 24.7. The van der Waals surface area contributed by atoms with E-state index in [1.165, 1.54) is 18.0 Å². The maximum atomic E-state index is 11.6. The largest absolute Gasteiger partial charge is 0.628 e. The van der Waals surface area contributed by atoms with Gasteiger partial charge in [0.25, 0.3) is 0 Å². The Morgan fingerprint density at radius 1 is 1.27 bits per heavy atom. The minimum Gasteiger partial charge on any atom is -0.495 e. The number of likely N-dealkylation sites (N-methyl/N-ethyl adjacent to an activating group) is 1. The molecule has 0 saturated carbocycles. The zero-order valence-corrected chi connectivity index (χ0v) is 13.0. The Labute approximate surface area is 133 Å². The van der Waals surface area contributed by atoms with E-state index >= 15 is 0 Å². The molecule has 116 valence electrons. The van der Waals surface area contributed by atoms with Crippen molar-refractivity contribution in [3.8, 4) is 5.75 Å². The molecule has 8 heteroatoms. The molecule has 1 saturated heterocycles. The van der Waals surface area contributed by atoms with Crippen LogP contribution in [0.1, 0.15) is 5.56 Å². The molecule has 0 aliphatic carbocycles. The van der Waals surface area contributed by atoms with Crippen molar-refractivity contribution >= 4 is 36.7 Å². The predicted octanol–water partition coefficient (Wildman–Crippen LogP) is 1.42. The molecule has 6 nitrogen and oxygen atoms in total. The number of nitrogens with zero attached hydrogens (tertiary/aromatic N) is 1. The molecule has 0 spiro atoms. The van der Waals surface area contributed by atoms with Crippen LogP contribution in [0.5, 0.6) is 5.75 Å². The van der Waals surface area contributed by atoms with Crippen LogP contribution in [0, 0.1) is 0 Å². The molecule has 1 aromatic rings. The van der Waals surface area contributed by atoms with Gasteiger partial charge in [-0.25, -0.2) is 0 Å². The number of halogens is 1. The Morgan fingerprint density at radius 2 is 1.91 bits per heavy atom. The molecule has 0 amide bonds. The summed E-state index contributed by atoms with van der Waals surface area (Å²) in [7, 11) is 2.12. The molecule has 1 fully saturated rings. The summed E-state index contributed by atoms with van der Waals surface area (Å²) in [6.45, 7) is 0.0710. The molecular weight excluding hydrogens is 308 g/mol. The summed E-state index contributed by atoms with van der Waals surface area (Å²) in [5.74, 6) is 1.12. The highest BCUT2D eigenvalue weighted by Gasteiger charge is 2.29.